The Kier molecular flexibility index (Phi) is 3.73. The van der Waals surface area contributed by atoms with Crippen LogP contribution in [0.4, 0.5) is 0 Å². The third-order valence-electron chi connectivity index (χ3n) is 2.28. The molecule has 1 heterocycles. The minimum Gasteiger partial charge on any atom is -0.480 e. The molecule has 0 aromatic carbocycles. The van der Waals surface area contributed by atoms with Gasteiger partial charge in [0.05, 0.1) is 0 Å². The van der Waals surface area contributed by atoms with E-state index < -0.39 is 12.0 Å². The number of carbonyl (C=O) groups excluding carboxylic acids is 2. The van der Waals surface area contributed by atoms with Crippen LogP contribution >= 0.6 is 11.8 Å². The van der Waals surface area contributed by atoms with E-state index in [1.807, 2.05) is 0 Å². The zero-order valence-electron chi connectivity index (χ0n) is 8.60. The molecule has 1 aliphatic rings. The zero-order valence-corrected chi connectivity index (χ0v) is 9.41. The maximum Gasteiger partial charge on any atom is 0.326 e. The molecule has 1 aliphatic heterocycles. The van der Waals surface area contributed by atoms with E-state index in [1.54, 1.807) is 0 Å². The summed E-state index contributed by atoms with van der Waals surface area (Å²) in [5.41, 5.74) is 0. The van der Waals surface area contributed by atoms with E-state index in [2.05, 4.69) is 0 Å². The molecule has 2 atom stereocenters. The molecule has 1 amide bonds. The number of likely N-dealkylation sites (tertiary alicyclic amines) is 1. The first-order chi connectivity index (χ1) is 6.91. The van der Waals surface area contributed by atoms with Gasteiger partial charge >= 0.3 is 5.97 Å². The summed E-state index contributed by atoms with van der Waals surface area (Å²) >= 11 is 1.10. The lowest BCUT2D eigenvalue weighted by molar-refractivity contribution is -0.147. The quantitative estimate of drug-likeness (QED) is 0.758. The van der Waals surface area contributed by atoms with Gasteiger partial charge in [0.1, 0.15) is 6.04 Å². The van der Waals surface area contributed by atoms with Crippen molar-refractivity contribution in [1.82, 2.24) is 4.90 Å². The molecule has 0 aliphatic carbocycles. The molecular weight excluding hydrogens is 218 g/mol. The van der Waals surface area contributed by atoms with E-state index in [9.17, 15) is 14.4 Å². The molecule has 6 heteroatoms. The van der Waals surface area contributed by atoms with Crippen LogP contribution in [0.5, 0.6) is 0 Å². The molecule has 0 aromatic rings. The lowest BCUT2D eigenvalue weighted by Gasteiger charge is -2.20. The summed E-state index contributed by atoms with van der Waals surface area (Å²) in [7, 11) is 0. The Bertz CT molecular complexity index is 304. The Hall–Kier alpha value is -1.04. The second kappa shape index (κ2) is 4.65. The molecule has 1 fully saturated rings. The molecule has 1 saturated heterocycles. The fourth-order valence-electron chi connectivity index (χ4n) is 1.52. The zero-order chi connectivity index (χ0) is 11.6. The first kappa shape index (κ1) is 12.0. The van der Waals surface area contributed by atoms with Crippen molar-refractivity contribution in [3.05, 3.63) is 0 Å². The van der Waals surface area contributed by atoms with Crippen LogP contribution in [-0.2, 0) is 14.4 Å². The fourth-order valence-corrected chi connectivity index (χ4v) is 2.45. The van der Waals surface area contributed by atoms with E-state index in [0.717, 1.165) is 11.8 Å². The van der Waals surface area contributed by atoms with Crippen LogP contribution in [0.25, 0.3) is 0 Å². The standard InChI is InChI=1S/C9H13NO4S/c1-5(9(13)14)10-4-7(3-8(10)12)15-6(2)11/h5,7H,3-4H2,1-2H3,(H,13,14)/t5-,7?/m0/s1. The van der Waals surface area contributed by atoms with Gasteiger partial charge in [-0.25, -0.2) is 4.79 Å². The number of nitrogens with zero attached hydrogens (tertiary/aromatic N) is 1. The topological polar surface area (TPSA) is 74.7 Å². The van der Waals surface area contributed by atoms with Crippen LogP contribution in [-0.4, -0.2) is 44.8 Å². The van der Waals surface area contributed by atoms with E-state index in [1.165, 1.54) is 18.7 Å². The van der Waals surface area contributed by atoms with Gasteiger partial charge in [0, 0.05) is 25.1 Å². The Morgan fingerprint density at radius 1 is 1.60 bits per heavy atom. The highest BCUT2D eigenvalue weighted by Gasteiger charge is 2.36. The Labute approximate surface area is 91.8 Å². The molecular formula is C9H13NO4S. The number of hydrogen-bond acceptors (Lipinski definition) is 4. The monoisotopic (exact) mass is 231 g/mol. The molecule has 5 nitrogen and oxygen atoms in total. The van der Waals surface area contributed by atoms with Crippen molar-refractivity contribution < 1.29 is 19.5 Å². The van der Waals surface area contributed by atoms with Crippen molar-refractivity contribution in [1.29, 1.82) is 0 Å². The third kappa shape index (κ3) is 2.95. The number of hydrogen-bond donors (Lipinski definition) is 1. The lowest BCUT2D eigenvalue weighted by atomic mass is 10.3. The summed E-state index contributed by atoms with van der Waals surface area (Å²) in [5, 5.41) is 8.62. The maximum absolute atomic E-state index is 11.5. The second-order valence-corrected chi connectivity index (χ2v) is 4.97. The minimum absolute atomic E-state index is 0.0439. The third-order valence-corrected chi connectivity index (χ3v) is 3.26. The fraction of sp³-hybridized carbons (Fsp3) is 0.667. The summed E-state index contributed by atoms with van der Waals surface area (Å²) in [6.07, 6.45) is 0.252. The van der Waals surface area contributed by atoms with Crippen LogP contribution in [0.2, 0.25) is 0 Å². The van der Waals surface area contributed by atoms with Crippen molar-refractivity contribution in [3.63, 3.8) is 0 Å². The van der Waals surface area contributed by atoms with Crippen LogP contribution in [0.15, 0.2) is 0 Å². The Morgan fingerprint density at radius 3 is 2.67 bits per heavy atom. The predicted octanol–water partition coefficient (Wildman–Crippen LogP) is 0.340. The summed E-state index contributed by atoms with van der Waals surface area (Å²) < 4.78 is 0. The summed E-state index contributed by atoms with van der Waals surface area (Å²) in [6.45, 7) is 3.26. The maximum atomic E-state index is 11.5. The second-order valence-electron chi connectivity index (χ2n) is 3.50. The number of amides is 1. The number of thioether (sulfide) groups is 1. The van der Waals surface area contributed by atoms with Crippen LogP contribution in [0.1, 0.15) is 20.3 Å². The van der Waals surface area contributed by atoms with Gasteiger partial charge < -0.3 is 10.0 Å². The van der Waals surface area contributed by atoms with Crippen LogP contribution in [0, 0.1) is 0 Å². The largest absolute Gasteiger partial charge is 0.480 e. The number of carbonyl (C=O) groups is 3. The molecule has 1 rings (SSSR count). The van der Waals surface area contributed by atoms with Crippen molar-refractivity contribution in [2.24, 2.45) is 0 Å². The molecule has 0 radical (unpaired) electrons. The van der Waals surface area contributed by atoms with E-state index in [0.29, 0.717) is 6.54 Å². The van der Waals surface area contributed by atoms with Gasteiger partial charge in [-0.3, -0.25) is 9.59 Å². The van der Waals surface area contributed by atoms with E-state index in [4.69, 9.17) is 5.11 Å². The Morgan fingerprint density at radius 2 is 2.20 bits per heavy atom. The predicted molar refractivity (Wildman–Crippen MR) is 55.5 cm³/mol. The number of carboxylic acid groups (broad SMARTS) is 1. The van der Waals surface area contributed by atoms with Crippen LogP contribution in [0.3, 0.4) is 0 Å². The van der Waals surface area contributed by atoms with Crippen LogP contribution < -0.4 is 0 Å². The normalized spacial score (nSPS) is 22.9. The van der Waals surface area contributed by atoms with Crippen molar-refractivity contribution in [2.45, 2.75) is 31.6 Å². The number of rotatable bonds is 3. The number of aliphatic carboxylic acids is 1. The molecule has 0 bridgehead atoms. The summed E-state index contributed by atoms with van der Waals surface area (Å²) in [4.78, 5) is 34.3. The molecule has 0 spiro atoms. The van der Waals surface area contributed by atoms with E-state index >= 15 is 0 Å². The van der Waals surface area contributed by atoms with Crippen molar-refractivity contribution >= 4 is 28.8 Å². The van der Waals surface area contributed by atoms with Gasteiger partial charge in [-0.1, -0.05) is 11.8 Å². The summed E-state index contributed by atoms with van der Waals surface area (Å²) in [5.74, 6) is -1.21. The minimum atomic E-state index is -1.02. The highest BCUT2D eigenvalue weighted by atomic mass is 32.2. The van der Waals surface area contributed by atoms with Gasteiger partial charge in [-0.2, -0.15) is 0 Å². The average molecular weight is 231 g/mol. The first-order valence-corrected chi connectivity index (χ1v) is 5.49. The molecule has 0 aromatic heterocycles. The highest BCUT2D eigenvalue weighted by Crippen LogP contribution is 2.25. The molecule has 1 unspecified atom stereocenters. The SMILES string of the molecule is CC(=O)SC1CC(=O)N([C@@H](C)C(=O)O)C1. The first-order valence-electron chi connectivity index (χ1n) is 4.61. The Balaban J connectivity index is 2.60. The van der Waals surface area contributed by atoms with Crippen molar-refractivity contribution in [3.8, 4) is 0 Å². The number of carboxylic acids is 1. The van der Waals surface area contributed by atoms with Gasteiger partial charge in [-0.05, 0) is 6.92 Å². The summed E-state index contributed by atoms with van der Waals surface area (Å²) in [6, 6.07) is -0.810. The molecule has 84 valence electrons. The molecule has 1 N–H and O–H groups in total. The smallest absolute Gasteiger partial charge is 0.326 e. The van der Waals surface area contributed by atoms with E-state index in [-0.39, 0.29) is 22.7 Å². The van der Waals surface area contributed by atoms with Gasteiger partial charge in [-0.15, -0.1) is 0 Å². The van der Waals surface area contributed by atoms with Gasteiger partial charge in [0.15, 0.2) is 5.12 Å². The van der Waals surface area contributed by atoms with Gasteiger partial charge in [0.25, 0.3) is 0 Å². The lowest BCUT2D eigenvalue weighted by Crippen LogP contribution is -2.40. The van der Waals surface area contributed by atoms with Gasteiger partial charge in [0.2, 0.25) is 5.91 Å². The average Bonchev–Trinajstić information content (AvgIpc) is 2.44. The van der Waals surface area contributed by atoms with Crippen molar-refractivity contribution in [2.75, 3.05) is 6.54 Å². The molecule has 0 saturated carbocycles. The molecule has 15 heavy (non-hydrogen) atoms. The highest BCUT2D eigenvalue weighted by molar-refractivity contribution is 8.14.